The van der Waals surface area contributed by atoms with Crippen molar-refractivity contribution < 1.29 is 28.5 Å². The number of nitrogen functional groups attached to an aromatic ring is 1. The van der Waals surface area contributed by atoms with E-state index in [1.165, 1.54) is 21.1 Å². The van der Waals surface area contributed by atoms with Crippen LogP contribution in [0.5, 0.6) is 17.2 Å². The van der Waals surface area contributed by atoms with E-state index in [1.807, 2.05) is 24.3 Å². The van der Waals surface area contributed by atoms with E-state index in [2.05, 4.69) is 0 Å². The normalized spacial score (nSPS) is 15.3. The topological polar surface area (TPSA) is 100 Å². The van der Waals surface area contributed by atoms with Crippen molar-refractivity contribution in [2.75, 3.05) is 33.7 Å². The molecule has 0 spiro atoms. The van der Waals surface area contributed by atoms with Gasteiger partial charge in [0.2, 0.25) is 0 Å². The number of anilines is 1. The highest BCUT2D eigenvalue weighted by atomic mass is 16.5. The summed E-state index contributed by atoms with van der Waals surface area (Å²) < 4.78 is 21.0. The van der Waals surface area contributed by atoms with E-state index >= 15 is 0 Å². The van der Waals surface area contributed by atoms with Gasteiger partial charge in [0, 0.05) is 24.9 Å². The molecule has 1 atom stereocenters. The average Bonchev–Trinajstić information content (AvgIpc) is 3.21. The lowest BCUT2D eigenvalue weighted by Gasteiger charge is -2.24. The first-order chi connectivity index (χ1) is 14.9. The van der Waals surface area contributed by atoms with E-state index in [1.54, 1.807) is 30.3 Å². The number of nitrogens with zero attached hydrogens (tertiary/aromatic N) is 1. The Balaban J connectivity index is 1.96. The third kappa shape index (κ3) is 4.74. The Hall–Kier alpha value is -3.68. The summed E-state index contributed by atoms with van der Waals surface area (Å²) in [5.74, 6) is 0.846. The summed E-state index contributed by atoms with van der Waals surface area (Å²) in [6.07, 6.45) is 2.30. The summed E-state index contributed by atoms with van der Waals surface area (Å²) >= 11 is 0. The van der Waals surface area contributed by atoms with Crippen LogP contribution in [0.2, 0.25) is 0 Å². The second-order valence-corrected chi connectivity index (χ2v) is 7.05. The predicted octanol–water partition coefficient (Wildman–Crippen LogP) is 3.11. The molecular formula is C23H26N2O6. The number of carbonyl (C=O) groups excluding carboxylic acids is 2. The molecule has 0 aromatic heterocycles. The molecule has 0 aliphatic carbocycles. The number of carbonyl (C=O) groups is 2. The van der Waals surface area contributed by atoms with E-state index in [0.29, 0.717) is 17.9 Å². The molecule has 0 bridgehead atoms. The second-order valence-electron chi connectivity index (χ2n) is 7.05. The molecule has 3 rings (SSSR count). The number of hydrogen-bond donors (Lipinski definition) is 1. The first kappa shape index (κ1) is 22.0. The second kappa shape index (κ2) is 9.42. The predicted molar refractivity (Wildman–Crippen MR) is 116 cm³/mol. The van der Waals surface area contributed by atoms with Gasteiger partial charge in [-0.2, -0.15) is 0 Å². The molecule has 0 radical (unpaired) electrons. The maximum Gasteiger partial charge on any atom is 0.302 e. The van der Waals surface area contributed by atoms with Crippen molar-refractivity contribution in [2.24, 2.45) is 0 Å². The van der Waals surface area contributed by atoms with Crippen LogP contribution in [0.4, 0.5) is 5.69 Å². The number of benzene rings is 2. The van der Waals surface area contributed by atoms with Crippen LogP contribution >= 0.6 is 0 Å². The van der Waals surface area contributed by atoms with Crippen LogP contribution in [-0.2, 0) is 9.53 Å². The Morgan fingerprint density at radius 1 is 1.03 bits per heavy atom. The Bertz CT molecular complexity index is 1000. The number of ether oxygens (including phenoxy) is 4. The van der Waals surface area contributed by atoms with E-state index < -0.39 is 5.97 Å². The number of nitrogens with two attached hydrogens (primary N) is 1. The lowest BCUT2D eigenvalue weighted by molar-refractivity contribution is -0.142. The Labute approximate surface area is 181 Å². The third-order valence-corrected chi connectivity index (χ3v) is 5.10. The minimum atomic E-state index is -0.407. The quantitative estimate of drug-likeness (QED) is 0.536. The maximum absolute atomic E-state index is 13.4. The van der Waals surface area contributed by atoms with Gasteiger partial charge < -0.3 is 29.6 Å². The van der Waals surface area contributed by atoms with Crippen molar-refractivity contribution in [3.63, 3.8) is 0 Å². The van der Waals surface area contributed by atoms with Crippen molar-refractivity contribution in [2.45, 2.75) is 19.4 Å². The van der Waals surface area contributed by atoms with Crippen LogP contribution in [0.15, 0.2) is 42.6 Å². The molecule has 1 amide bonds. The molecule has 1 unspecified atom stereocenters. The van der Waals surface area contributed by atoms with Gasteiger partial charge in [-0.25, -0.2) is 0 Å². The number of amides is 1. The van der Waals surface area contributed by atoms with Gasteiger partial charge in [-0.15, -0.1) is 0 Å². The summed E-state index contributed by atoms with van der Waals surface area (Å²) in [7, 11) is 4.59. The fourth-order valence-electron chi connectivity index (χ4n) is 3.47. The fourth-order valence-corrected chi connectivity index (χ4v) is 3.47. The Morgan fingerprint density at radius 3 is 2.26 bits per heavy atom. The van der Waals surface area contributed by atoms with Crippen molar-refractivity contribution in [1.82, 2.24) is 4.90 Å². The first-order valence-electron chi connectivity index (χ1n) is 9.70. The number of rotatable bonds is 7. The molecule has 0 saturated heterocycles. The summed E-state index contributed by atoms with van der Waals surface area (Å²) in [5.41, 5.74) is 8.56. The van der Waals surface area contributed by atoms with E-state index in [0.717, 1.165) is 16.9 Å². The molecule has 1 aliphatic heterocycles. The van der Waals surface area contributed by atoms with Gasteiger partial charge in [0.15, 0.2) is 11.5 Å². The monoisotopic (exact) mass is 426 g/mol. The van der Waals surface area contributed by atoms with E-state index in [4.69, 9.17) is 24.7 Å². The smallest absolute Gasteiger partial charge is 0.302 e. The molecule has 8 heteroatoms. The number of hydrogen-bond acceptors (Lipinski definition) is 7. The first-order valence-corrected chi connectivity index (χ1v) is 9.70. The van der Waals surface area contributed by atoms with Crippen molar-refractivity contribution in [3.8, 4) is 17.2 Å². The minimum Gasteiger partial charge on any atom is -0.497 e. The van der Waals surface area contributed by atoms with Gasteiger partial charge in [-0.05, 0) is 35.8 Å². The molecule has 31 heavy (non-hydrogen) atoms. The molecule has 0 saturated carbocycles. The van der Waals surface area contributed by atoms with E-state index in [9.17, 15) is 9.59 Å². The largest absolute Gasteiger partial charge is 0.497 e. The molecule has 1 aliphatic rings. The summed E-state index contributed by atoms with van der Waals surface area (Å²) in [5, 5.41) is 0. The molecule has 2 aromatic carbocycles. The third-order valence-electron chi connectivity index (χ3n) is 5.10. The Morgan fingerprint density at radius 2 is 1.68 bits per heavy atom. The zero-order valence-corrected chi connectivity index (χ0v) is 18.0. The lowest BCUT2D eigenvalue weighted by atomic mass is 10.0. The minimum absolute atomic E-state index is 0.0738. The standard InChI is InChI=1S/C23H26N2O6/c1-14(26)31-13-17-9-16(15-5-7-18(28-2)8-6-15)12-25(17)23(27)19-10-21(29-3)22(30-4)11-20(19)24/h5-8,10-12,17H,9,13,24H2,1-4H3. The Kier molecular flexibility index (Phi) is 6.69. The van der Waals surface area contributed by atoms with Gasteiger partial charge >= 0.3 is 5.97 Å². The van der Waals surface area contributed by atoms with Gasteiger partial charge in [0.1, 0.15) is 12.4 Å². The highest BCUT2D eigenvalue weighted by molar-refractivity contribution is 6.02. The van der Waals surface area contributed by atoms with Gasteiger partial charge in [0.25, 0.3) is 5.91 Å². The molecule has 8 nitrogen and oxygen atoms in total. The highest BCUT2D eigenvalue weighted by Crippen LogP contribution is 2.36. The summed E-state index contributed by atoms with van der Waals surface area (Å²) in [6, 6.07) is 10.3. The highest BCUT2D eigenvalue weighted by Gasteiger charge is 2.32. The number of methoxy groups -OCH3 is 3. The molecular weight excluding hydrogens is 400 g/mol. The molecule has 2 aromatic rings. The van der Waals surface area contributed by atoms with Crippen molar-refractivity contribution in [1.29, 1.82) is 0 Å². The van der Waals surface area contributed by atoms with Crippen molar-refractivity contribution in [3.05, 3.63) is 53.7 Å². The summed E-state index contributed by atoms with van der Waals surface area (Å²) in [4.78, 5) is 26.3. The maximum atomic E-state index is 13.4. The van der Waals surface area contributed by atoms with Crippen LogP contribution in [0.25, 0.3) is 5.57 Å². The SMILES string of the molecule is COc1ccc(C2=CN(C(=O)c3cc(OC)c(OC)cc3N)C(COC(C)=O)C2)cc1. The zero-order chi connectivity index (χ0) is 22.5. The summed E-state index contributed by atoms with van der Waals surface area (Å²) in [6.45, 7) is 1.41. The molecule has 2 N–H and O–H groups in total. The van der Waals surface area contributed by atoms with Crippen LogP contribution in [-0.4, -0.2) is 50.8 Å². The number of esters is 1. The van der Waals surface area contributed by atoms with Gasteiger partial charge in [0.05, 0.1) is 32.9 Å². The van der Waals surface area contributed by atoms with Crippen LogP contribution in [0.1, 0.15) is 29.3 Å². The zero-order valence-electron chi connectivity index (χ0n) is 18.0. The molecule has 0 fully saturated rings. The van der Waals surface area contributed by atoms with Crippen molar-refractivity contribution >= 4 is 23.1 Å². The van der Waals surface area contributed by atoms with Gasteiger partial charge in [-0.1, -0.05) is 12.1 Å². The molecule has 1 heterocycles. The lowest BCUT2D eigenvalue weighted by Crippen LogP contribution is -2.37. The van der Waals surface area contributed by atoms with E-state index in [-0.39, 0.29) is 29.8 Å². The van der Waals surface area contributed by atoms with Gasteiger partial charge in [-0.3, -0.25) is 9.59 Å². The average molecular weight is 426 g/mol. The van der Waals surface area contributed by atoms with Crippen LogP contribution in [0.3, 0.4) is 0 Å². The van der Waals surface area contributed by atoms with Crippen LogP contribution in [0, 0.1) is 0 Å². The van der Waals surface area contributed by atoms with Crippen LogP contribution < -0.4 is 19.9 Å². The molecule has 164 valence electrons. The fraction of sp³-hybridized carbons (Fsp3) is 0.304.